The van der Waals surface area contributed by atoms with E-state index in [-0.39, 0.29) is 23.6 Å². The van der Waals surface area contributed by atoms with Crippen molar-refractivity contribution in [2.45, 2.75) is 38.0 Å². The van der Waals surface area contributed by atoms with Gasteiger partial charge >= 0.3 is 4.87 Å². The highest BCUT2D eigenvalue weighted by Crippen LogP contribution is 2.28. The zero-order chi connectivity index (χ0) is 22.1. The highest BCUT2D eigenvalue weighted by Gasteiger charge is 2.27. The standard InChI is InChI=1S/C23H28F2N2O3S/c24-23(25,12-4-5-14-30-15-11-17-6-2-1-3-7-17)16-26-13-10-18-8-9-19(28)20-21(18)31-22(29)27-20/h1-3,6-9,26,28H,4-5,10-16H2,(H,27,29). The van der Waals surface area contributed by atoms with E-state index in [1.165, 1.54) is 11.6 Å². The molecule has 0 unspecified atom stereocenters. The van der Waals surface area contributed by atoms with Crippen LogP contribution in [0.1, 0.15) is 30.4 Å². The molecule has 0 fully saturated rings. The van der Waals surface area contributed by atoms with Crippen LogP contribution in [0.15, 0.2) is 47.3 Å². The molecular weight excluding hydrogens is 422 g/mol. The second-order valence-corrected chi connectivity index (χ2v) is 8.53. The molecule has 5 nitrogen and oxygen atoms in total. The van der Waals surface area contributed by atoms with Gasteiger partial charge in [0.2, 0.25) is 0 Å². The molecule has 168 valence electrons. The van der Waals surface area contributed by atoms with Crippen molar-refractivity contribution < 1.29 is 18.6 Å². The molecule has 0 amide bonds. The smallest absolute Gasteiger partial charge is 0.305 e. The summed E-state index contributed by atoms with van der Waals surface area (Å²) in [4.78, 5) is 13.9. The number of benzene rings is 2. The molecule has 2 aromatic carbocycles. The summed E-state index contributed by atoms with van der Waals surface area (Å²) in [5, 5.41) is 12.6. The van der Waals surface area contributed by atoms with Gasteiger partial charge in [-0.2, -0.15) is 0 Å². The Morgan fingerprint density at radius 3 is 2.68 bits per heavy atom. The van der Waals surface area contributed by atoms with Crippen LogP contribution in [0.25, 0.3) is 10.2 Å². The lowest BCUT2D eigenvalue weighted by molar-refractivity contribution is -0.0102. The van der Waals surface area contributed by atoms with E-state index < -0.39 is 5.92 Å². The number of hydrogen-bond donors (Lipinski definition) is 3. The zero-order valence-corrected chi connectivity index (χ0v) is 18.1. The first-order valence-corrected chi connectivity index (χ1v) is 11.3. The van der Waals surface area contributed by atoms with Crippen molar-refractivity contribution in [2.75, 3.05) is 26.3 Å². The molecular formula is C23H28F2N2O3S. The second kappa shape index (κ2) is 11.4. The fourth-order valence-corrected chi connectivity index (χ4v) is 4.27. The minimum Gasteiger partial charge on any atom is -0.506 e. The quantitative estimate of drug-likeness (QED) is 0.336. The molecule has 3 rings (SSSR count). The molecule has 0 radical (unpaired) electrons. The van der Waals surface area contributed by atoms with Crippen LogP contribution in [0.5, 0.6) is 5.75 Å². The third kappa shape index (κ3) is 7.41. The number of hydrogen-bond acceptors (Lipinski definition) is 5. The third-order valence-electron chi connectivity index (χ3n) is 5.05. The molecule has 3 N–H and O–H groups in total. The number of nitrogens with one attached hydrogen (secondary N) is 2. The number of aromatic hydroxyl groups is 1. The van der Waals surface area contributed by atoms with Crippen LogP contribution < -0.4 is 10.2 Å². The number of phenols is 1. The Kier molecular flexibility index (Phi) is 8.57. The van der Waals surface area contributed by atoms with Crippen molar-refractivity contribution in [3.05, 3.63) is 63.3 Å². The first-order chi connectivity index (χ1) is 14.9. The Morgan fingerprint density at radius 1 is 1.06 bits per heavy atom. The first kappa shape index (κ1) is 23.4. The van der Waals surface area contributed by atoms with Gasteiger partial charge in [-0.05, 0) is 49.4 Å². The highest BCUT2D eigenvalue weighted by atomic mass is 32.1. The van der Waals surface area contributed by atoms with Gasteiger partial charge in [0.25, 0.3) is 5.92 Å². The summed E-state index contributed by atoms with van der Waals surface area (Å²) in [5.74, 6) is -2.76. The molecule has 1 heterocycles. The normalized spacial score (nSPS) is 11.9. The maximum atomic E-state index is 14.1. The molecule has 0 saturated heterocycles. The van der Waals surface area contributed by atoms with E-state index in [0.717, 1.165) is 23.3 Å². The molecule has 0 spiro atoms. The minimum atomic E-state index is -2.77. The third-order valence-corrected chi connectivity index (χ3v) is 6.01. The molecule has 1 aromatic heterocycles. The number of halogens is 2. The van der Waals surface area contributed by atoms with Gasteiger partial charge in [-0.15, -0.1) is 0 Å². The molecule has 0 atom stereocenters. The lowest BCUT2D eigenvalue weighted by Gasteiger charge is -2.17. The Labute approximate surface area is 184 Å². The van der Waals surface area contributed by atoms with Crippen LogP contribution in [-0.2, 0) is 17.6 Å². The van der Waals surface area contributed by atoms with Crippen LogP contribution in [-0.4, -0.2) is 42.3 Å². The maximum absolute atomic E-state index is 14.1. The number of aromatic nitrogens is 1. The van der Waals surface area contributed by atoms with E-state index in [9.17, 15) is 18.7 Å². The number of thiazole rings is 1. The van der Waals surface area contributed by atoms with Gasteiger partial charge in [-0.3, -0.25) is 4.79 Å². The van der Waals surface area contributed by atoms with Crippen molar-refractivity contribution in [3.63, 3.8) is 0 Å². The van der Waals surface area contributed by atoms with Gasteiger partial charge in [0.1, 0.15) is 11.3 Å². The second-order valence-electron chi connectivity index (χ2n) is 7.55. The summed E-state index contributed by atoms with van der Waals surface area (Å²) in [6, 6.07) is 13.3. The van der Waals surface area contributed by atoms with E-state index in [0.29, 0.717) is 49.2 Å². The van der Waals surface area contributed by atoms with Crippen LogP contribution in [0, 0.1) is 0 Å². The van der Waals surface area contributed by atoms with Crippen molar-refractivity contribution >= 4 is 21.6 Å². The largest absolute Gasteiger partial charge is 0.506 e. The fraction of sp³-hybridized carbons (Fsp3) is 0.435. The lowest BCUT2D eigenvalue weighted by Crippen LogP contribution is -2.33. The highest BCUT2D eigenvalue weighted by molar-refractivity contribution is 7.16. The summed E-state index contributed by atoms with van der Waals surface area (Å²) in [6.07, 6.45) is 2.17. The number of fused-ring (bicyclic) bond motifs is 1. The Bertz CT molecular complexity index is 1000. The number of alkyl halides is 2. The maximum Gasteiger partial charge on any atom is 0.305 e. The number of aromatic amines is 1. The van der Waals surface area contributed by atoms with E-state index in [2.05, 4.69) is 10.3 Å². The van der Waals surface area contributed by atoms with Gasteiger partial charge in [-0.25, -0.2) is 8.78 Å². The molecule has 0 aliphatic carbocycles. The van der Waals surface area contributed by atoms with Crippen LogP contribution >= 0.6 is 11.3 Å². The Morgan fingerprint density at radius 2 is 1.87 bits per heavy atom. The Hall–Kier alpha value is -2.29. The number of phenolic OH excluding ortho intramolecular Hbond substituents is 1. The number of unbranched alkanes of at least 4 members (excludes halogenated alkanes) is 1. The SMILES string of the molecule is O=c1[nH]c2c(O)ccc(CCNCC(F)(F)CCCCOCCc3ccccc3)c2s1. The van der Waals surface area contributed by atoms with Gasteiger partial charge in [0.15, 0.2) is 0 Å². The number of ether oxygens (including phenoxy) is 1. The topological polar surface area (TPSA) is 74.4 Å². The van der Waals surface area contributed by atoms with Gasteiger partial charge in [0, 0.05) is 13.0 Å². The number of H-pyrrole nitrogens is 1. The average molecular weight is 451 g/mol. The first-order valence-electron chi connectivity index (χ1n) is 10.5. The summed E-state index contributed by atoms with van der Waals surface area (Å²) in [7, 11) is 0. The predicted molar refractivity (Wildman–Crippen MR) is 120 cm³/mol. The lowest BCUT2D eigenvalue weighted by atomic mass is 10.1. The summed E-state index contributed by atoms with van der Waals surface area (Å²) in [6.45, 7) is 1.08. The average Bonchev–Trinajstić information content (AvgIpc) is 3.15. The molecule has 0 aliphatic rings. The van der Waals surface area contributed by atoms with E-state index in [4.69, 9.17) is 4.74 Å². The van der Waals surface area contributed by atoms with Crippen LogP contribution in [0.3, 0.4) is 0 Å². The molecule has 3 aromatic rings. The van der Waals surface area contributed by atoms with Crippen molar-refractivity contribution in [2.24, 2.45) is 0 Å². The van der Waals surface area contributed by atoms with Gasteiger partial charge in [0.05, 0.1) is 17.9 Å². The van der Waals surface area contributed by atoms with E-state index >= 15 is 0 Å². The van der Waals surface area contributed by atoms with Crippen molar-refractivity contribution in [3.8, 4) is 5.75 Å². The van der Waals surface area contributed by atoms with Gasteiger partial charge < -0.3 is 20.1 Å². The summed E-state index contributed by atoms with van der Waals surface area (Å²) >= 11 is 1.02. The molecule has 8 heteroatoms. The number of rotatable bonds is 13. The molecule has 0 saturated carbocycles. The van der Waals surface area contributed by atoms with Gasteiger partial charge in [-0.1, -0.05) is 47.7 Å². The molecule has 31 heavy (non-hydrogen) atoms. The zero-order valence-electron chi connectivity index (χ0n) is 17.3. The van der Waals surface area contributed by atoms with Crippen molar-refractivity contribution in [1.29, 1.82) is 0 Å². The van der Waals surface area contributed by atoms with Crippen molar-refractivity contribution in [1.82, 2.24) is 10.3 Å². The predicted octanol–water partition coefficient (Wildman–Crippen LogP) is 4.49. The monoisotopic (exact) mass is 450 g/mol. The molecule has 0 aliphatic heterocycles. The van der Waals surface area contributed by atoms with E-state index in [1.807, 2.05) is 30.3 Å². The Balaban J connectivity index is 1.29. The summed E-state index contributed by atoms with van der Waals surface area (Å²) < 4.78 is 34.4. The van der Waals surface area contributed by atoms with Crippen LogP contribution in [0.2, 0.25) is 0 Å². The summed E-state index contributed by atoms with van der Waals surface area (Å²) in [5.41, 5.74) is 2.46. The minimum absolute atomic E-state index is 0.0145. The van der Waals surface area contributed by atoms with E-state index in [1.54, 1.807) is 6.07 Å². The van der Waals surface area contributed by atoms with Crippen LogP contribution in [0.4, 0.5) is 8.78 Å². The molecule has 0 bridgehead atoms. The fourth-order valence-electron chi connectivity index (χ4n) is 3.38.